The van der Waals surface area contributed by atoms with Crippen molar-refractivity contribution in [3.63, 3.8) is 0 Å². The lowest BCUT2D eigenvalue weighted by Crippen LogP contribution is -2.49. The molecule has 0 saturated carbocycles. The molecule has 1 unspecified atom stereocenters. The normalized spacial score (nSPS) is 24.0. The summed E-state index contributed by atoms with van der Waals surface area (Å²) in [6, 6.07) is 6.30. The van der Waals surface area contributed by atoms with E-state index in [1.165, 1.54) is 0 Å². The Morgan fingerprint density at radius 1 is 1.47 bits per heavy atom. The Kier molecular flexibility index (Phi) is 2.68. The number of hydrogen-bond acceptors (Lipinski definition) is 3. The minimum Gasteiger partial charge on any atom is -0.317 e. The molecule has 90 valence electrons. The molecule has 2 amide bonds. The molecule has 0 aromatic carbocycles. The van der Waals surface area contributed by atoms with Crippen molar-refractivity contribution in [2.75, 3.05) is 26.2 Å². The molecular formula is C12H16N4O. The van der Waals surface area contributed by atoms with Gasteiger partial charge in [0.1, 0.15) is 0 Å². The Morgan fingerprint density at radius 3 is 3.18 bits per heavy atom. The molecule has 2 saturated heterocycles. The molecule has 1 aromatic heterocycles. The van der Waals surface area contributed by atoms with Crippen LogP contribution in [0.25, 0.3) is 0 Å². The van der Waals surface area contributed by atoms with E-state index in [-0.39, 0.29) is 6.03 Å². The van der Waals surface area contributed by atoms with Gasteiger partial charge in [-0.2, -0.15) is 0 Å². The molecule has 0 aliphatic carbocycles. The molecule has 0 bridgehead atoms. The van der Waals surface area contributed by atoms with E-state index in [1.807, 2.05) is 28.0 Å². The second-order valence-electron chi connectivity index (χ2n) is 4.54. The third-order valence-corrected chi connectivity index (χ3v) is 3.38. The van der Waals surface area contributed by atoms with Crippen molar-refractivity contribution in [3.05, 3.63) is 30.1 Å². The summed E-state index contributed by atoms with van der Waals surface area (Å²) in [5.41, 5.74) is 0.952. The molecule has 5 nitrogen and oxygen atoms in total. The Hall–Kier alpha value is -1.62. The lowest BCUT2D eigenvalue weighted by Gasteiger charge is -2.28. The number of pyridine rings is 1. The number of piperazine rings is 1. The van der Waals surface area contributed by atoms with E-state index >= 15 is 0 Å². The highest BCUT2D eigenvalue weighted by molar-refractivity contribution is 5.77. The maximum Gasteiger partial charge on any atom is 0.320 e. The summed E-state index contributed by atoms with van der Waals surface area (Å²) in [7, 11) is 0. The Balaban J connectivity index is 1.71. The average molecular weight is 232 g/mol. The van der Waals surface area contributed by atoms with Gasteiger partial charge in [0.2, 0.25) is 0 Å². The summed E-state index contributed by atoms with van der Waals surface area (Å²) in [5, 5.41) is 3.32. The zero-order valence-corrected chi connectivity index (χ0v) is 9.67. The minimum atomic E-state index is 0.155. The average Bonchev–Trinajstić information content (AvgIpc) is 2.68. The van der Waals surface area contributed by atoms with Crippen LogP contribution in [-0.4, -0.2) is 53.0 Å². The predicted octanol–water partition coefficient (Wildman–Crippen LogP) is 0.291. The smallest absolute Gasteiger partial charge is 0.317 e. The maximum absolute atomic E-state index is 12.1. The molecule has 0 spiro atoms. The lowest BCUT2D eigenvalue weighted by atomic mass is 10.2. The summed E-state index contributed by atoms with van der Waals surface area (Å²) < 4.78 is 0. The third kappa shape index (κ3) is 1.98. The number of hydrogen-bond donors (Lipinski definition) is 1. The van der Waals surface area contributed by atoms with Gasteiger partial charge in [-0.25, -0.2) is 4.79 Å². The minimum absolute atomic E-state index is 0.155. The first-order chi connectivity index (χ1) is 8.34. The summed E-state index contributed by atoms with van der Waals surface area (Å²) in [4.78, 5) is 20.3. The van der Waals surface area contributed by atoms with Gasteiger partial charge in [0.05, 0.1) is 18.3 Å². The summed E-state index contributed by atoms with van der Waals surface area (Å²) in [6.45, 7) is 4.06. The van der Waals surface area contributed by atoms with E-state index in [0.717, 1.165) is 31.9 Å². The zero-order valence-electron chi connectivity index (χ0n) is 9.67. The van der Waals surface area contributed by atoms with Crippen LogP contribution < -0.4 is 5.32 Å². The number of amides is 2. The fourth-order valence-corrected chi connectivity index (χ4v) is 2.51. The SMILES string of the molecule is O=C1N(Cc2ccccn2)CC2CNCCN12. The van der Waals surface area contributed by atoms with E-state index in [2.05, 4.69) is 10.3 Å². The summed E-state index contributed by atoms with van der Waals surface area (Å²) in [6.07, 6.45) is 1.77. The third-order valence-electron chi connectivity index (χ3n) is 3.38. The summed E-state index contributed by atoms with van der Waals surface area (Å²) in [5.74, 6) is 0. The van der Waals surface area contributed by atoms with E-state index in [0.29, 0.717) is 12.6 Å². The standard InChI is InChI=1S/C12H16N4O/c17-12-15(8-10-3-1-2-4-14-10)9-11-7-13-5-6-16(11)12/h1-4,11,13H,5-9H2. The molecule has 17 heavy (non-hydrogen) atoms. The first-order valence-electron chi connectivity index (χ1n) is 6.01. The van der Waals surface area contributed by atoms with Crippen LogP contribution in [0.2, 0.25) is 0 Å². The number of carbonyl (C=O) groups excluding carboxylic acids is 1. The number of carbonyl (C=O) groups is 1. The van der Waals surface area contributed by atoms with Crippen LogP contribution >= 0.6 is 0 Å². The largest absolute Gasteiger partial charge is 0.320 e. The molecule has 5 heteroatoms. The van der Waals surface area contributed by atoms with Crippen LogP contribution in [0.5, 0.6) is 0 Å². The van der Waals surface area contributed by atoms with Crippen LogP contribution in [-0.2, 0) is 6.54 Å². The molecule has 3 heterocycles. The van der Waals surface area contributed by atoms with E-state index < -0.39 is 0 Å². The second-order valence-corrected chi connectivity index (χ2v) is 4.54. The number of urea groups is 1. The number of fused-ring (bicyclic) bond motifs is 1. The molecule has 1 aromatic rings. The fraction of sp³-hybridized carbons (Fsp3) is 0.500. The Bertz CT molecular complexity index is 408. The van der Waals surface area contributed by atoms with Crippen molar-refractivity contribution in [1.29, 1.82) is 0 Å². The van der Waals surface area contributed by atoms with Crippen molar-refractivity contribution in [2.45, 2.75) is 12.6 Å². The highest BCUT2D eigenvalue weighted by Gasteiger charge is 2.38. The van der Waals surface area contributed by atoms with Crippen LogP contribution in [0.3, 0.4) is 0 Å². The highest BCUT2D eigenvalue weighted by atomic mass is 16.2. The number of nitrogens with zero attached hydrogens (tertiary/aromatic N) is 3. The van der Waals surface area contributed by atoms with Gasteiger partial charge >= 0.3 is 6.03 Å². The van der Waals surface area contributed by atoms with E-state index in [9.17, 15) is 4.79 Å². The van der Waals surface area contributed by atoms with Crippen molar-refractivity contribution in [3.8, 4) is 0 Å². The lowest BCUT2D eigenvalue weighted by molar-refractivity contribution is 0.178. The molecule has 0 radical (unpaired) electrons. The van der Waals surface area contributed by atoms with Gasteiger partial charge in [0.15, 0.2) is 0 Å². The topological polar surface area (TPSA) is 48.5 Å². The highest BCUT2D eigenvalue weighted by Crippen LogP contribution is 2.18. The van der Waals surface area contributed by atoms with Gasteiger partial charge in [-0.3, -0.25) is 4.98 Å². The molecule has 2 fully saturated rings. The fourth-order valence-electron chi connectivity index (χ4n) is 2.51. The van der Waals surface area contributed by atoms with E-state index in [1.54, 1.807) is 6.20 Å². The second kappa shape index (κ2) is 4.33. The van der Waals surface area contributed by atoms with Gasteiger partial charge in [-0.1, -0.05) is 6.07 Å². The van der Waals surface area contributed by atoms with Crippen molar-refractivity contribution >= 4 is 6.03 Å². The predicted molar refractivity (Wildman–Crippen MR) is 63.4 cm³/mol. The van der Waals surface area contributed by atoms with Crippen LogP contribution in [0.1, 0.15) is 5.69 Å². The van der Waals surface area contributed by atoms with Crippen molar-refractivity contribution < 1.29 is 4.79 Å². The van der Waals surface area contributed by atoms with E-state index in [4.69, 9.17) is 0 Å². The number of nitrogens with one attached hydrogen (secondary N) is 1. The van der Waals surface area contributed by atoms with Crippen LogP contribution in [0, 0.1) is 0 Å². The van der Waals surface area contributed by atoms with Gasteiger partial charge in [0, 0.05) is 32.4 Å². The molecule has 1 N–H and O–H groups in total. The monoisotopic (exact) mass is 232 g/mol. The zero-order chi connectivity index (χ0) is 11.7. The molecule has 3 rings (SSSR count). The Morgan fingerprint density at radius 2 is 2.41 bits per heavy atom. The molecule has 2 aliphatic rings. The van der Waals surface area contributed by atoms with Gasteiger partial charge in [-0.15, -0.1) is 0 Å². The Labute approximate surface area is 100 Å². The van der Waals surface area contributed by atoms with Crippen LogP contribution in [0.4, 0.5) is 4.79 Å². The molecular weight excluding hydrogens is 216 g/mol. The maximum atomic E-state index is 12.1. The molecule has 2 aliphatic heterocycles. The van der Waals surface area contributed by atoms with Crippen molar-refractivity contribution in [1.82, 2.24) is 20.1 Å². The number of aromatic nitrogens is 1. The molecule has 1 atom stereocenters. The summed E-state index contributed by atoms with van der Waals surface area (Å²) >= 11 is 0. The first-order valence-corrected chi connectivity index (χ1v) is 6.01. The van der Waals surface area contributed by atoms with Gasteiger partial charge < -0.3 is 15.1 Å². The quantitative estimate of drug-likeness (QED) is 0.797. The van der Waals surface area contributed by atoms with Crippen molar-refractivity contribution in [2.24, 2.45) is 0 Å². The van der Waals surface area contributed by atoms with Gasteiger partial charge in [0.25, 0.3) is 0 Å². The first kappa shape index (κ1) is 10.5. The van der Waals surface area contributed by atoms with Gasteiger partial charge in [-0.05, 0) is 12.1 Å². The van der Waals surface area contributed by atoms with Crippen LogP contribution in [0.15, 0.2) is 24.4 Å². The number of rotatable bonds is 2.